The Morgan fingerprint density at radius 1 is 1.43 bits per heavy atom. The number of esters is 1. The smallest absolute Gasteiger partial charge is 0.332 e. The van der Waals surface area contributed by atoms with Crippen molar-refractivity contribution in [2.75, 3.05) is 13.2 Å². The molecule has 1 N–H and O–H groups in total. The molecule has 84 valence electrons. The van der Waals surface area contributed by atoms with Crippen molar-refractivity contribution < 1.29 is 19.4 Å². The van der Waals surface area contributed by atoms with E-state index in [-0.39, 0.29) is 0 Å². The molecule has 4 heteroatoms. The molecule has 0 saturated carbocycles. The van der Waals surface area contributed by atoms with E-state index in [9.17, 15) is 4.79 Å². The first-order valence-corrected chi connectivity index (χ1v) is 4.71. The summed E-state index contributed by atoms with van der Waals surface area (Å²) in [7, 11) is 0. The van der Waals surface area contributed by atoms with Crippen molar-refractivity contribution in [3.63, 3.8) is 0 Å². The molecule has 0 bridgehead atoms. The van der Waals surface area contributed by atoms with Crippen molar-refractivity contribution in [1.82, 2.24) is 0 Å². The molecule has 0 rings (SSSR count). The van der Waals surface area contributed by atoms with E-state index in [1.54, 1.807) is 6.92 Å². The van der Waals surface area contributed by atoms with Crippen molar-refractivity contribution in [2.24, 2.45) is 0 Å². The van der Waals surface area contributed by atoms with Crippen LogP contribution in [0.1, 0.15) is 27.2 Å². The standard InChI is InChI=1S/C6H10O3.C4H10O/c1-3-5(7)9-6(8)4-2;1-3-5-4-2/h3,6,8H,1,4H2,2H3;3-4H2,1-2H3. The summed E-state index contributed by atoms with van der Waals surface area (Å²) in [5.74, 6) is -0.593. The molecule has 1 atom stereocenters. The minimum Gasteiger partial charge on any atom is -0.433 e. The van der Waals surface area contributed by atoms with Gasteiger partial charge in [0.25, 0.3) is 0 Å². The van der Waals surface area contributed by atoms with Gasteiger partial charge in [0.15, 0.2) is 0 Å². The van der Waals surface area contributed by atoms with Gasteiger partial charge in [-0.25, -0.2) is 4.79 Å². The third kappa shape index (κ3) is 13.7. The van der Waals surface area contributed by atoms with Gasteiger partial charge in [-0.3, -0.25) is 0 Å². The topological polar surface area (TPSA) is 55.8 Å². The summed E-state index contributed by atoms with van der Waals surface area (Å²) in [6.45, 7) is 10.5. The molecule has 0 aromatic carbocycles. The molecule has 14 heavy (non-hydrogen) atoms. The SMILES string of the molecule is C=CC(=O)OC(O)CC.CCOCC. The Hall–Kier alpha value is -0.870. The van der Waals surface area contributed by atoms with Gasteiger partial charge in [-0.1, -0.05) is 13.5 Å². The van der Waals surface area contributed by atoms with Crippen LogP contribution in [0.25, 0.3) is 0 Å². The Bertz CT molecular complexity index is 143. The second kappa shape index (κ2) is 12.1. The quantitative estimate of drug-likeness (QED) is 0.419. The summed E-state index contributed by atoms with van der Waals surface area (Å²) in [6.07, 6.45) is 0.425. The largest absolute Gasteiger partial charge is 0.433 e. The first-order valence-electron chi connectivity index (χ1n) is 4.71. The predicted octanol–water partition coefficient (Wildman–Crippen LogP) is 1.49. The normalized spacial score (nSPS) is 10.9. The van der Waals surface area contributed by atoms with E-state index in [2.05, 4.69) is 11.3 Å². The number of hydrogen-bond acceptors (Lipinski definition) is 4. The van der Waals surface area contributed by atoms with Crippen LogP contribution in [0.4, 0.5) is 0 Å². The zero-order chi connectivity index (χ0) is 11.4. The van der Waals surface area contributed by atoms with Gasteiger partial charge in [-0.05, 0) is 13.8 Å². The second-order valence-corrected chi connectivity index (χ2v) is 2.29. The number of aliphatic hydroxyl groups is 1. The van der Waals surface area contributed by atoms with Crippen molar-refractivity contribution >= 4 is 5.97 Å². The first kappa shape index (κ1) is 15.6. The fourth-order valence-electron chi connectivity index (χ4n) is 0.470. The van der Waals surface area contributed by atoms with E-state index in [0.29, 0.717) is 6.42 Å². The number of aliphatic hydroxyl groups excluding tert-OH is 1. The van der Waals surface area contributed by atoms with E-state index < -0.39 is 12.3 Å². The monoisotopic (exact) mass is 204 g/mol. The molecule has 0 aliphatic heterocycles. The van der Waals surface area contributed by atoms with Crippen molar-refractivity contribution in [2.45, 2.75) is 33.5 Å². The maximum atomic E-state index is 10.3. The van der Waals surface area contributed by atoms with Crippen molar-refractivity contribution in [3.05, 3.63) is 12.7 Å². The van der Waals surface area contributed by atoms with Crippen LogP contribution in [0, 0.1) is 0 Å². The van der Waals surface area contributed by atoms with E-state index in [0.717, 1.165) is 19.3 Å². The lowest BCUT2D eigenvalue weighted by Gasteiger charge is -2.05. The average Bonchev–Trinajstić information content (AvgIpc) is 2.19. The van der Waals surface area contributed by atoms with Crippen LogP contribution in [0.15, 0.2) is 12.7 Å². The van der Waals surface area contributed by atoms with E-state index >= 15 is 0 Å². The molecule has 0 aromatic heterocycles. The van der Waals surface area contributed by atoms with Gasteiger partial charge in [0.05, 0.1) is 0 Å². The Balaban J connectivity index is 0. The number of hydrogen-bond donors (Lipinski definition) is 1. The van der Waals surface area contributed by atoms with Gasteiger partial charge < -0.3 is 14.6 Å². The van der Waals surface area contributed by atoms with Gasteiger partial charge in [0.1, 0.15) is 0 Å². The molecule has 0 amide bonds. The highest BCUT2D eigenvalue weighted by atomic mass is 16.6. The maximum Gasteiger partial charge on any atom is 0.332 e. The number of ether oxygens (including phenoxy) is 2. The van der Waals surface area contributed by atoms with Gasteiger partial charge in [-0.2, -0.15) is 0 Å². The average molecular weight is 204 g/mol. The van der Waals surface area contributed by atoms with E-state index in [1.807, 2.05) is 13.8 Å². The molecule has 0 aliphatic rings. The summed E-state index contributed by atoms with van der Waals surface area (Å²) in [5, 5.41) is 8.67. The van der Waals surface area contributed by atoms with Crippen LogP contribution < -0.4 is 0 Å². The Morgan fingerprint density at radius 3 is 2.14 bits per heavy atom. The summed E-state index contributed by atoms with van der Waals surface area (Å²) in [5.41, 5.74) is 0. The molecular formula is C10H20O4. The van der Waals surface area contributed by atoms with Crippen molar-refractivity contribution in [1.29, 1.82) is 0 Å². The summed E-state index contributed by atoms with van der Waals surface area (Å²) in [6, 6.07) is 0. The zero-order valence-electron chi connectivity index (χ0n) is 9.16. The van der Waals surface area contributed by atoms with Crippen LogP contribution in [0.5, 0.6) is 0 Å². The minimum absolute atomic E-state index is 0.402. The molecule has 4 nitrogen and oxygen atoms in total. The molecule has 0 aliphatic carbocycles. The van der Waals surface area contributed by atoms with Crippen LogP contribution in [-0.2, 0) is 14.3 Å². The van der Waals surface area contributed by atoms with Crippen molar-refractivity contribution in [3.8, 4) is 0 Å². The second-order valence-electron chi connectivity index (χ2n) is 2.29. The van der Waals surface area contributed by atoms with Crippen LogP contribution in [-0.4, -0.2) is 30.6 Å². The predicted molar refractivity (Wildman–Crippen MR) is 54.8 cm³/mol. The van der Waals surface area contributed by atoms with Crippen LogP contribution >= 0.6 is 0 Å². The number of rotatable bonds is 5. The number of carbonyl (C=O) groups excluding carboxylic acids is 1. The third-order valence-corrected chi connectivity index (χ3v) is 1.18. The van der Waals surface area contributed by atoms with E-state index in [4.69, 9.17) is 9.84 Å². The lowest BCUT2D eigenvalue weighted by Crippen LogP contribution is -2.14. The highest BCUT2D eigenvalue weighted by Crippen LogP contribution is 1.92. The molecule has 0 fully saturated rings. The summed E-state index contributed by atoms with van der Waals surface area (Å²) in [4.78, 5) is 10.3. The fourth-order valence-corrected chi connectivity index (χ4v) is 0.470. The van der Waals surface area contributed by atoms with Gasteiger partial charge >= 0.3 is 5.97 Å². The zero-order valence-corrected chi connectivity index (χ0v) is 9.16. The lowest BCUT2D eigenvalue weighted by molar-refractivity contribution is -0.161. The Labute approximate surface area is 85.5 Å². The first-order chi connectivity index (χ1) is 6.62. The van der Waals surface area contributed by atoms with Crippen LogP contribution in [0.3, 0.4) is 0 Å². The lowest BCUT2D eigenvalue weighted by atomic mass is 10.5. The molecule has 1 unspecified atom stereocenters. The number of carbonyl (C=O) groups is 1. The van der Waals surface area contributed by atoms with E-state index in [1.165, 1.54) is 0 Å². The highest BCUT2D eigenvalue weighted by Gasteiger charge is 2.02. The van der Waals surface area contributed by atoms with Gasteiger partial charge in [0.2, 0.25) is 6.29 Å². The van der Waals surface area contributed by atoms with Gasteiger partial charge in [-0.15, -0.1) is 0 Å². The maximum absolute atomic E-state index is 10.3. The molecule has 0 heterocycles. The highest BCUT2D eigenvalue weighted by molar-refractivity contribution is 5.81. The Morgan fingerprint density at radius 2 is 1.93 bits per heavy atom. The Kier molecular flexibility index (Phi) is 13.5. The van der Waals surface area contributed by atoms with Crippen LogP contribution in [0.2, 0.25) is 0 Å². The third-order valence-electron chi connectivity index (χ3n) is 1.18. The molecule has 0 aromatic rings. The summed E-state index contributed by atoms with van der Waals surface area (Å²) >= 11 is 0. The minimum atomic E-state index is -0.990. The fraction of sp³-hybridized carbons (Fsp3) is 0.700. The molecule has 0 spiro atoms. The molecule has 0 saturated heterocycles. The molecule has 0 radical (unpaired) electrons. The molecular weight excluding hydrogens is 184 g/mol. The van der Waals surface area contributed by atoms with Gasteiger partial charge in [0, 0.05) is 25.7 Å². The summed E-state index contributed by atoms with van der Waals surface area (Å²) < 4.78 is 9.18.